The lowest BCUT2D eigenvalue weighted by atomic mass is 10.1. The fraction of sp³-hybridized carbons (Fsp3) is 0.400. The minimum Gasteiger partial charge on any atom is -0.349 e. The highest BCUT2D eigenvalue weighted by molar-refractivity contribution is 7.16. The quantitative estimate of drug-likeness (QED) is 0.724. The van der Waals surface area contributed by atoms with Crippen molar-refractivity contribution in [3.63, 3.8) is 0 Å². The van der Waals surface area contributed by atoms with E-state index in [1.807, 2.05) is 6.92 Å². The molecule has 6 nitrogen and oxygen atoms in total. The van der Waals surface area contributed by atoms with Gasteiger partial charge in [0.15, 0.2) is 0 Å². The molecule has 1 unspecified atom stereocenters. The van der Waals surface area contributed by atoms with E-state index in [9.17, 15) is 4.79 Å². The predicted molar refractivity (Wildman–Crippen MR) is 85.1 cm³/mol. The van der Waals surface area contributed by atoms with Crippen LogP contribution in [0.15, 0.2) is 29.2 Å². The van der Waals surface area contributed by atoms with Crippen LogP contribution in [0.5, 0.6) is 0 Å². The molecular formula is C15H17N5OS. The van der Waals surface area contributed by atoms with Crippen molar-refractivity contribution >= 4 is 16.3 Å². The summed E-state index contributed by atoms with van der Waals surface area (Å²) in [6.45, 7) is 6.78. The highest BCUT2D eigenvalue weighted by atomic mass is 32.1. The third-order valence-electron chi connectivity index (χ3n) is 4.22. The van der Waals surface area contributed by atoms with Crippen LogP contribution in [0.25, 0.3) is 4.96 Å². The minimum atomic E-state index is -0.106. The molecule has 0 saturated carbocycles. The summed E-state index contributed by atoms with van der Waals surface area (Å²) >= 11 is 1.50. The van der Waals surface area contributed by atoms with Crippen LogP contribution in [0.1, 0.15) is 29.4 Å². The molecule has 0 spiro atoms. The number of hydrogen-bond acceptors (Lipinski definition) is 5. The van der Waals surface area contributed by atoms with Crippen LogP contribution in [-0.2, 0) is 13.1 Å². The van der Waals surface area contributed by atoms with Crippen molar-refractivity contribution in [3.05, 3.63) is 51.1 Å². The Kier molecular flexibility index (Phi) is 3.12. The summed E-state index contributed by atoms with van der Waals surface area (Å²) in [7, 11) is 0. The van der Waals surface area contributed by atoms with Gasteiger partial charge in [0.2, 0.25) is 4.96 Å². The van der Waals surface area contributed by atoms with Crippen LogP contribution in [-0.4, -0.2) is 30.6 Å². The Morgan fingerprint density at radius 2 is 2.27 bits per heavy atom. The third kappa shape index (κ3) is 2.17. The monoisotopic (exact) mass is 315 g/mol. The molecule has 0 aliphatic carbocycles. The number of fused-ring (bicyclic) bond motifs is 2. The molecule has 4 heterocycles. The van der Waals surface area contributed by atoms with Crippen molar-refractivity contribution in [2.75, 3.05) is 6.54 Å². The zero-order valence-electron chi connectivity index (χ0n) is 12.6. The molecule has 0 bridgehead atoms. The van der Waals surface area contributed by atoms with Crippen LogP contribution in [0.2, 0.25) is 0 Å². The first kappa shape index (κ1) is 13.7. The molecule has 22 heavy (non-hydrogen) atoms. The van der Waals surface area contributed by atoms with Crippen molar-refractivity contribution in [3.8, 4) is 0 Å². The second kappa shape index (κ2) is 5.03. The Bertz CT molecular complexity index is 893. The average molecular weight is 315 g/mol. The first-order chi connectivity index (χ1) is 10.6. The van der Waals surface area contributed by atoms with E-state index in [2.05, 4.69) is 44.8 Å². The van der Waals surface area contributed by atoms with E-state index in [1.54, 1.807) is 0 Å². The van der Waals surface area contributed by atoms with Crippen LogP contribution < -0.4 is 5.56 Å². The molecule has 1 atom stereocenters. The molecule has 4 rings (SSSR count). The highest BCUT2D eigenvalue weighted by Crippen LogP contribution is 2.27. The summed E-state index contributed by atoms with van der Waals surface area (Å²) in [4.78, 5) is 19.4. The van der Waals surface area contributed by atoms with Crippen molar-refractivity contribution in [2.24, 2.45) is 0 Å². The topological polar surface area (TPSA) is 55.4 Å². The molecule has 0 fully saturated rings. The van der Waals surface area contributed by atoms with Gasteiger partial charge < -0.3 is 4.57 Å². The minimum absolute atomic E-state index is 0.106. The lowest BCUT2D eigenvalue weighted by molar-refractivity contribution is 0.160. The van der Waals surface area contributed by atoms with E-state index < -0.39 is 0 Å². The molecule has 3 aromatic heterocycles. The van der Waals surface area contributed by atoms with Crippen LogP contribution in [0.3, 0.4) is 0 Å². The molecular weight excluding hydrogens is 298 g/mol. The molecule has 0 saturated heterocycles. The Morgan fingerprint density at radius 1 is 1.41 bits per heavy atom. The zero-order chi connectivity index (χ0) is 15.3. The average Bonchev–Trinajstić information content (AvgIpc) is 3.08. The van der Waals surface area contributed by atoms with E-state index in [4.69, 9.17) is 0 Å². The Morgan fingerprint density at radius 3 is 3.14 bits per heavy atom. The first-order valence-corrected chi connectivity index (χ1v) is 8.19. The Balaban J connectivity index is 1.64. The molecule has 1 aliphatic rings. The number of hydrogen-bond donors (Lipinski definition) is 0. The van der Waals surface area contributed by atoms with Crippen molar-refractivity contribution in [1.82, 2.24) is 24.1 Å². The highest BCUT2D eigenvalue weighted by Gasteiger charge is 2.24. The summed E-state index contributed by atoms with van der Waals surface area (Å²) in [6.07, 6.45) is 2.13. The molecule has 0 radical (unpaired) electrons. The van der Waals surface area contributed by atoms with Crippen molar-refractivity contribution in [2.45, 2.75) is 33.0 Å². The summed E-state index contributed by atoms with van der Waals surface area (Å²) in [5.41, 5.74) is 1.97. The molecule has 7 heteroatoms. The molecule has 114 valence electrons. The number of aromatic nitrogens is 4. The number of aryl methyl sites for hydroxylation is 1. The predicted octanol–water partition coefficient (Wildman–Crippen LogP) is 1.84. The second-order valence-electron chi connectivity index (χ2n) is 5.70. The molecule has 0 N–H and O–H groups in total. The van der Waals surface area contributed by atoms with E-state index in [0.29, 0.717) is 11.0 Å². The van der Waals surface area contributed by atoms with Gasteiger partial charge in [-0.05, 0) is 26.0 Å². The normalized spacial score (nSPS) is 18.7. The molecule has 1 aliphatic heterocycles. The maximum absolute atomic E-state index is 11.9. The lowest BCUT2D eigenvalue weighted by Gasteiger charge is -2.34. The standard InChI is InChI=1S/C15H17N5OS/c1-10-8-14(21)20-15(16-10)22-13(17-20)9-19-7-6-18-5-3-4-12(18)11(19)2/h3-5,8,11H,6-7,9H2,1-2H3. The first-order valence-electron chi connectivity index (χ1n) is 7.37. The SMILES string of the molecule is Cc1cc(=O)n2nc(CN3CCn4cccc4C3C)sc2n1. The van der Waals surface area contributed by atoms with Gasteiger partial charge in [0.1, 0.15) is 5.01 Å². The van der Waals surface area contributed by atoms with Crippen LogP contribution in [0.4, 0.5) is 0 Å². The lowest BCUT2D eigenvalue weighted by Crippen LogP contribution is -2.35. The summed E-state index contributed by atoms with van der Waals surface area (Å²) < 4.78 is 3.71. The molecule has 0 aromatic carbocycles. The fourth-order valence-electron chi connectivity index (χ4n) is 3.04. The summed E-state index contributed by atoms with van der Waals surface area (Å²) in [5, 5.41) is 5.37. The Hall–Kier alpha value is -1.99. The van der Waals surface area contributed by atoms with Gasteiger partial charge in [-0.3, -0.25) is 9.69 Å². The van der Waals surface area contributed by atoms with Gasteiger partial charge in [-0.2, -0.15) is 9.61 Å². The van der Waals surface area contributed by atoms with Crippen LogP contribution >= 0.6 is 11.3 Å². The molecule has 0 amide bonds. The van der Waals surface area contributed by atoms with Gasteiger partial charge in [0.25, 0.3) is 5.56 Å². The summed E-state index contributed by atoms with van der Waals surface area (Å²) in [6, 6.07) is 6.14. The maximum Gasteiger partial charge on any atom is 0.275 e. The van der Waals surface area contributed by atoms with E-state index in [0.717, 1.165) is 30.3 Å². The van der Waals surface area contributed by atoms with E-state index >= 15 is 0 Å². The van der Waals surface area contributed by atoms with Gasteiger partial charge in [-0.25, -0.2) is 4.98 Å². The van der Waals surface area contributed by atoms with Gasteiger partial charge in [-0.15, -0.1) is 0 Å². The maximum atomic E-state index is 11.9. The molecule has 3 aromatic rings. The number of rotatable bonds is 2. The third-order valence-corrected chi connectivity index (χ3v) is 5.11. The fourth-order valence-corrected chi connectivity index (χ4v) is 4.01. The largest absolute Gasteiger partial charge is 0.349 e. The Labute approximate surface area is 131 Å². The second-order valence-corrected chi connectivity index (χ2v) is 6.74. The van der Waals surface area contributed by atoms with Crippen molar-refractivity contribution in [1.29, 1.82) is 0 Å². The zero-order valence-corrected chi connectivity index (χ0v) is 13.4. The van der Waals surface area contributed by atoms with Gasteiger partial charge >= 0.3 is 0 Å². The van der Waals surface area contributed by atoms with Crippen LogP contribution in [0, 0.1) is 6.92 Å². The summed E-state index contributed by atoms with van der Waals surface area (Å²) in [5.74, 6) is 0. The van der Waals surface area contributed by atoms with E-state index in [1.165, 1.54) is 27.6 Å². The smallest absolute Gasteiger partial charge is 0.275 e. The van der Waals surface area contributed by atoms with E-state index in [-0.39, 0.29) is 5.56 Å². The van der Waals surface area contributed by atoms with Crippen molar-refractivity contribution < 1.29 is 0 Å². The number of nitrogens with zero attached hydrogens (tertiary/aromatic N) is 5. The van der Waals surface area contributed by atoms with Gasteiger partial charge in [0, 0.05) is 42.8 Å². The van der Waals surface area contributed by atoms with Gasteiger partial charge in [0.05, 0.1) is 6.54 Å². The van der Waals surface area contributed by atoms with Gasteiger partial charge in [-0.1, -0.05) is 11.3 Å².